The van der Waals surface area contributed by atoms with Crippen LogP contribution in [0.5, 0.6) is 0 Å². The average molecular weight is 267 g/mol. The molecule has 1 saturated carbocycles. The molecule has 108 valence electrons. The van der Waals surface area contributed by atoms with E-state index in [-0.39, 0.29) is 23.8 Å². The van der Waals surface area contributed by atoms with E-state index in [0.29, 0.717) is 0 Å². The van der Waals surface area contributed by atoms with Gasteiger partial charge >= 0.3 is 0 Å². The Kier molecular flexibility index (Phi) is 4.80. The van der Waals surface area contributed by atoms with Crippen LogP contribution in [0.3, 0.4) is 0 Å². The Morgan fingerprint density at radius 2 is 1.79 bits per heavy atom. The fourth-order valence-electron chi connectivity index (χ4n) is 3.08. The number of nitrogens with two attached hydrogens (primary N) is 1. The largest absolute Gasteiger partial charge is 0.344 e. The topological polar surface area (TPSA) is 75.4 Å². The summed E-state index contributed by atoms with van der Waals surface area (Å²) in [7, 11) is 0. The first-order valence-corrected chi connectivity index (χ1v) is 7.44. The van der Waals surface area contributed by atoms with Gasteiger partial charge in [0.15, 0.2) is 0 Å². The van der Waals surface area contributed by atoms with Crippen molar-refractivity contribution in [1.82, 2.24) is 10.2 Å². The lowest BCUT2D eigenvalue weighted by Gasteiger charge is -2.29. The molecule has 1 saturated heterocycles. The van der Waals surface area contributed by atoms with Crippen LogP contribution in [0.1, 0.15) is 45.4 Å². The highest BCUT2D eigenvalue weighted by atomic mass is 16.2. The summed E-state index contributed by atoms with van der Waals surface area (Å²) in [6.07, 6.45) is 6.05. The van der Waals surface area contributed by atoms with E-state index in [1.807, 2.05) is 4.90 Å². The minimum Gasteiger partial charge on any atom is -0.344 e. The third-order valence-electron chi connectivity index (χ3n) is 4.30. The molecule has 1 aliphatic carbocycles. The summed E-state index contributed by atoms with van der Waals surface area (Å²) >= 11 is 0. The van der Waals surface area contributed by atoms with Crippen molar-refractivity contribution in [3.05, 3.63) is 0 Å². The van der Waals surface area contributed by atoms with Gasteiger partial charge in [0.25, 0.3) is 0 Å². The Bertz CT molecular complexity index is 340. The zero-order valence-corrected chi connectivity index (χ0v) is 11.7. The van der Waals surface area contributed by atoms with Gasteiger partial charge in [0.05, 0.1) is 5.92 Å². The average Bonchev–Trinajstić information content (AvgIpc) is 2.92. The highest BCUT2D eigenvalue weighted by Crippen LogP contribution is 2.23. The van der Waals surface area contributed by atoms with Gasteiger partial charge in [-0.3, -0.25) is 9.59 Å². The van der Waals surface area contributed by atoms with Crippen LogP contribution < -0.4 is 11.1 Å². The van der Waals surface area contributed by atoms with Crippen molar-refractivity contribution in [1.29, 1.82) is 0 Å². The fourth-order valence-corrected chi connectivity index (χ4v) is 3.08. The second-order valence-corrected chi connectivity index (χ2v) is 5.82. The molecule has 3 unspecified atom stereocenters. The maximum Gasteiger partial charge on any atom is 0.244 e. The molecule has 5 heteroatoms. The molecule has 0 radical (unpaired) electrons. The van der Waals surface area contributed by atoms with E-state index in [0.717, 1.165) is 51.6 Å². The van der Waals surface area contributed by atoms with Gasteiger partial charge in [-0.2, -0.15) is 0 Å². The van der Waals surface area contributed by atoms with Gasteiger partial charge in [-0.15, -0.1) is 0 Å². The standard InChI is InChI=1S/C14H25N3O2/c1-10(14(19)17-8-4-5-9-17)16-13(18)11-6-2-3-7-12(11)15/h10-12H,2-9,15H2,1H3,(H,16,18). The molecule has 3 N–H and O–H groups in total. The molecule has 0 aromatic rings. The van der Waals surface area contributed by atoms with E-state index < -0.39 is 6.04 Å². The Labute approximate surface area is 114 Å². The van der Waals surface area contributed by atoms with Crippen molar-refractivity contribution in [2.24, 2.45) is 11.7 Å². The van der Waals surface area contributed by atoms with Gasteiger partial charge in [0.2, 0.25) is 11.8 Å². The molecule has 1 aliphatic heterocycles. The number of nitrogens with one attached hydrogen (secondary N) is 1. The van der Waals surface area contributed by atoms with E-state index >= 15 is 0 Å². The number of carbonyl (C=O) groups is 2. The second kappa shape index (κ2) is 6.37. The summed E-state index contributed by atoms with van der Waals surface area (Å²) in [5.41, 5.74) is 6.00. The van der Waals surface area contributed by atoms with Crippen molar-refractivity contribution in [2.45, 2.75) is 57.5 Å². The molecule has 1 heterocycles. The summed E-state index contributed by atoms with van der Waals surface area (Å²) in [6.45, 7) is 3.41. The zero-order chi connectivity index (χ0) is 13.8. The van der Waals surface area contributed by atoms with Crippen LogP contribution in [0.2, 0.25) is 0 Å². The van der Waals surface area contributed by atoms with E-state index in [2.05, 4.69) is 5.32 Å². The van der Waals surface area contributed by atoms with Crippen molar-refractivity contribution in [3.8, 4) is 0 Å². The summed E-state index contributed by atoms with van der Waals surface area (Å²) in [6, 6.07) is -0.484. The highest BCUT2D eigenvalue weighted by Gasteiger charge is 2.31. The number of hydrogen-bond acceptors (Lipinski definition) is 3. The first kappa shape index (κ1) is 14.3. The third-order valence-corrected chi connectivity index (χ3v) is 4.30. The monoisotopic (exact) mass is 267 g/mol. The molecule has 2 fully saturated rings. The van der Waals surface area contributed by atoms with Crippen LogP contribution in [0, 0.1) is 5.92 Å². The van der Waals surface area contributed by atoms with Gasteiger partial charge in [0.1, 0.15) is 6.04 Å². The van der Waals surface area contributed by atoms with Crippen LogP contribution in [0.15, 0.2) is 0 Å². The molecule has 0 bridgehead atoms. The Balaban J connectivity index is 1.85. The molecule has 0 aromatic carbocycles. The van der Waals surface area contributed by atoms with Crippen molar-refractivity contribution in [3.63, 3.8) is 0 Å². The van der Waals surface area contributed by atoms with E-state index in [1.54, 1.807) is 6.92 Å². The number of amides is 2. The number of hydrogen-bond donors (Lipinski definition) is 2. The molecular formula is C14H25N3O2. The third kappa shape index (κ3) is 3.47. The van der Waals surface area contributed by atoms with Crippen molar-refractivity contribution < 1.29 is 9.59 Å². The van der Waals surface area contributed by atoms with E-state index in [1.165, 1.54) is 0 Å². The van der Waals surface area contributed by atoms with Gasteiger partial charge < -0.3 is 16.0 Å². The number of carbonyl (C=O) groups excluding carboxylic acids is 2. The lowest BCUT2D eigenvalue weighted by Crippen LogP contribution is -2.51. The molecule has 3 atom stereocenters. The summed E-state index contributed by atoms with van der Waals surface area (Å²) < 4.78 is 0. The van der Waals surface area contributed by atoms with Crippen LogP contribution >= 0.6 is 0 Å². The minimum absolute atomic E-state index is 0.0373. The van der Waals surface area contributed by atoms with Crippen LogP contribution in [0.4, 0.5) is 0 Å². The van der Waals surface area contributed by atoms with Gasteiger partial charge in [-0.05, 0) is 32.6 Å². The van der Waals surface area contributed by atoms with Gasteiger partial charge in [-0.25, -0.2) is 0 Å². The SMILES string of the molecule is CC(NC(=O)C1CCCCC1N)C(=O)N1CCCC1. The molecule has 2 aliphatic rings. The highest BCUT2D eigenvalue weighted by molar-refractivity contribution is 5.88. The normalized spacial score (nSPS) is 29.1. The lowest BCUT2D eigenvalue weighted by molar-refractivity contribution is -0.136. The number of nitrogens with zero attached hydrogens (tertiary/aromatic N) is 1. The minimum atomic E-state index is -0.431. The molecule has 0 aromatic heterocycles. The molecule has 0 spiro atoms. The van der Waals surface area contributed by atoms with Gasteiger partial charge in [-0.1, -0.05) is 12.8 Å². The second-order valence-electron chi connectivity index (χ2n) is 5.82. The smallest absolute Gasteiger partial charge is 0.244 e. The van der Waals surface area contributed by atoms with Crippen molar-refractivity contribution >= 4 is 11.8 Å². The lowest BCUT2D eigenvalue weighted by atomic mass is 9.84. The maximum absolute atomic E-state index is 12.2. The van der Waals surface area contributed by atoms with Crippen molar-refractivity contribution in [2.75, 3.05) is 13.1 Å². The molecule has 2 rings (SSSR count). The Morgan fingerprint density at radius 3 is 2.42 bits per heavy atom. The first-order valence-electron chi connectivity index (χ1n) is 7.44. The van der Waals surface area contributed by atoms with Crippen LogP contribution in [0.25, 0.3) is 0 Å². The summed E-state index contributed by atoms with van der Waals surface area (Å²) in [5, 5.41) is 2.85. The first-order chi connectivity index (χ1) is 9.09. The number of likely N-dealkylation sites (tertiary alicyclic amines) is 1. The maximum atomic E-state index is 12.2. The van der Waals surface area contributed by atoms with Gasteiger partial charge in [0, 0.05) is 19.1 Å². The van der Waals surface area contributed by atoms with Crippen LogP contribution in [-0.2, 0) is 9.59 Å². The van der Waals surface area contributed by atoms with Crippen LogP contribution in [-0.4, -0.2) is 41.9 Å². The van der Waals surface area contributed by atoms with E-state index in [4.69, 9.17) is 5.73 Å². The molecular weight excluding hydrogens is 242 g/mol. The molecule has 19 heavy (non-hydrogen) atoms. The molecule has 5 nitrogen and oxygen atoms in total. The van der Waals surface area contributed by atoms with E-state index in [9.17, 15) is 9.59 Å². The fraction of sp³-hybridized carbons (Fsp3) is 0.857. The summed E-state index contributed by atoms with van der Waals surface area (Å²) in [4.78, 5) is 26.1. The quantitative estimate of drug-likeness (QED) is 0.787. The molecule has 2 amide bonds. The Morgan fingerprint density at radius 1 is 1.16 bits per heavy atom. The number of rotatable bonds is 3. The predicted molar refractivity (Wildman–Crippen MR) is 73.4 cm³/mol. The predicted octanol–water partition coefficient (Wildman–Crippen LogP) is 0.631. The zero-order valence-electron chi connectivity index (χ0n) is 11.7. The Hall–Kier alpha value is -1.10. The summed E-state index contributed by atoms with van der Waals surface area (Å²) in [5.74, 6) is -0.134.